The highest BCUT2D eigenvalue weighted by atomic mass is 16.5. The van der Waals surface area contributed by atoms with E-state index in [1.165, 1.54) is 0 Å². The van der Waals surface area contributed by atoms with Crippen LogP contribution in [0.4, 0.5) is 0 Å². The SMILES string of the molecule is CCN1CCOC(CNCc2cccnc2OC(C)C)C1. The Morgan fingerprint density at radius 3 is 3.14 bits per heavy atom. The Morgan fingerprint density at radius 1 is 1.52 bits per heavy atom. The highest BCUT2D eigenvalue weighted by Crippen LogP contribution is 2.15. The molecule has 0 bridgehead atoms. The second-order valence-electron chi connectivity index (χ2n) is 5.65. The van der Waals surface area contributed by atoms with Crippen molar-refractivity contribution in [3.63, 3.8) is 0 Å². The summed E-state index contributed by atoms with van der Waals surface area (Å²) in [5, 5.41) is 3.46. The predicted molar refractivity (Wildman–Crippen MR) is 83.6 cm³/mol. The number of morpholine rings is 1. The molecule has 118 valence electrons. The Bertz CT molecular complexity index is 426. The van der Waals surface area contributed by atoms with E-state index in [1.807, 2.05) is 19.9 Å². The van der Waals surface area contributed by atoms with Crippen molar-refractivity contribution in [2.45, 2.75) is 39.5 Å². The van der Waals surface area contributed by atoms with E-state index in [0.29, 0.717) is 0 Å². The molecule has 0 spiro atoms. The molecular formula is C16H27N3O2. The van der Waals surface area contributed by atoms with Crippen LogP contribution in [-0.4, -0.2) is 54.9 Å². The van der Waals surface area contributed by atoms with Gasteiger partial charge in [0, 0.05) is 37.9 Å². The number of nitrogens with zero attached hydrogens (tertiary/aromatic N) is 2. The minimum absolute atomic E-state index is 0.137. The molecule has 0 radical (unpaired) electrons. The van der Waals surface area contributed by atoms with Gasteiger partial charge in [-0.2, -0.15) is 0 Å². The first-order chi connectivity index (χ1) is 10.2. The maximum Gasteiger partial charge on any atom is 0.218 e. The van der Waals surface area contributed by atoms with Gasteiger partial charge in [-0.25, -0.2) is 4.98 Å². The van der Waals surface area contributed by atoms with Gasteiger partial charge in [0.25, 0.3) is 0 Å². The van der Waals surface area contributed by atoms with Crippen LogP contribution < -0.4 is 10.1 Å². The van der Waals surface area contributed by atoms with E-state index in [1.54, 1.807) is 6.20 Å². The topological polar surface area (TPSA) is 46.6 Å². The van der Waals surface area contributed by atoms with Crippen LogP contribution in [0.15, 0.2) is 18.3 Å². The van der Waals surface area contributed by atoms with E-state index >= 15 is 0 Å². The summed E-state index contributed by atoms with van der Waals surface area (Å²) in [5.74, 6) is 0.722. The van der Waals surface area contributed by atoms with Crippen LogP contribution in [0.25, 0.3) is 0 Å². The summed E-state index contributed by atoms with van der Waals surface area (Å²) in [4.78, 5) is 6.73. The van der Waals surface area contributed by atoms with Crippen molar-refractivity contribution in [2.75, 3.05) is 32.8 Å². The van der Waals surface area contributed by atoms with Crippen LogP contribution in [0, 0.1) is 0 Å². The van der Waals surface area contributed by atoms with E-state index in [9.17, 15) is 0 Å². The Labute approximate surface area is 127 Å². The van der Waals surface area contributed by atoms with Crippen molar-refractivity contribution in [2.24, 2.45) is 0 Å². The summed E-state index contributed by atoms with van der Waals surface area (Å²) in [7, 11) is 0. The second kappa shape index (κ2) is 8.32. The Balaban J connectivity index is 1.80. The van der Waals surface area contributed by atoms with Crippen LogP contribution in [0.5, 0.6) is 5.88 Å². The molecule has 0 aromatic carbocycles. The number of ether oxygens (including phenoxy) is 2. The third-order valence-electron chi connectivity index (χ3n) is 3.55. The molecule has 2 rings (SSSR count). The summed E-state index contributed by atoms with van der Waals surface area (Å²) < 4.78 is 11.5. The second-order valence-corrected chi connectivity index (χ2v) is 5.65. The molecule has 21 heavy (non-hydrogen) atoms. The van der Waals surface area contributed by atoms with Gasteiger partial charge in [0.05, 0.1) is 18.8 Å². The lowest BCUT2D eigenvalue weighted by molar-refractivity contribution is -0.0254. The first kappa shape index (κ1) is 16.2. The van der Waals surface area contributed by atoms with Crippen LogP contribution in [0.2, 0.25) is 0 Å². The molecule has 5 heteroatoms. The molecule has 0 amide bonds. The summed E-state index contributed by atoms with van der Waals surface area (Å²) in [6.45, 7) is 11.8. The Kier molecular flexibility index (Phi) is 6.42. The van der Waals surface area contributed by atoms with Gasteiger partial charge >= 0.3 is 0 Å². The summed E-state index contributed by atoms with van der Waals surface area (Å²) in [5.41, 5.74) is 1.09. The molecule has 1 saturated heterocycles. The zero-order valence-corrected chi connectivity index (χ0v) is 13.3. The van der Waals surface area contributed by atoms with Crippen molar-refractivity contribution in [3.05, 3.63) is 23.9 Å². The lowest BCUT2D eigenvalue weighted by atomic mass is 10.2. The van der Waals surface area contributed by atoms with E-state index in [2.05, 4.69) is 28.2 Å². The maximum absolute atomic E-state index is 5.79. The standard InChI is InChI=1S/C16H27N3O2/c1-4-19-8-9-20-15(12-19)11-17-10-14-6-5-7-18-16(14)21-13(2)3/h5-7,13,15,17H,4,8-12H2,1-3H3. The molecule has 1 fully saturated rings. The average molecular weight is 293 g/mol. The monoisotopic (exact) mass is 293 g/mol. The zero-order chi connectivity index (χ0) is 15.1. The number of hydrogen-bond donors (Lipinski definition) is 1. The summed E-state index contributed by atoms with van der Waals surface area (Å²) in [6, 6.07) is 4.00. The molecule has 1 aromatic heterocycles. The number of likely N-dealkylation sites (N-methyl/N-ethyl adjacent to an activating group) is 1. The fourth-order valence-electron chi connectivity index (χ4n) is 2.45. The van der Waals surface area contributed by atoms with Crippen LogP contribution in [-0.2, 0) is 11.3 Å². The van der Waals surface area contributed by atoms with Crippen molar-refractivity contribution in [1.29, 1.82) is 0 Å². The van der Waals surface area contributed by atoms with E-state index in [4.69, 9.17) is 9.47 Å². The van der Waals surface area contributed by atoms with Gasteiger partial charge in [0.2, 0.25) is 5.88 Å². The zero-order valence-electron chi connectivity index (χ0n) is 13.3. The van der Waals surface area contributed by atoms with Crippen molar-refractivity contribution in [3.8, 4) is 5.88 Å². The van der Waals surface area contributed by atoms with Gasteiger partial charge in [-0.15, -0.1) is 0 Å². The molecule has 0 aliphatic carbocycles. The van der Waals surface area contributed by atoms with Crippen molar-refractivity contribution < 1.29 is 9.47 Å². The third kappa shape index (κ3) is 5.26. The Hall–Kier alpha value is -1.17. The first-order valence-electron chi connectivity index (χ1n) is 7.84. The smallest absolute Gasteiger partial charge is 0.218 e. The highest BCUT2D eigenvalue weighted by Gasteiger charge is 2.18. The number of rotatable bonds is 7. The molecule has 1 aromatic rings. The molecule has 1 aliphatic rings. The minimum atomic E-state index is 0.137. The first-order valence-corrected chi connectivity index (χ1v) is 7.84. The molecule has 0 saturated carbocycles. The van der Waals surface area contributed by atoms with E-state index in [0.717, 1.165) is 50.8 Å². The van der Waals surface area contributed by atoms with E-state index in [-0.39, 0.29) is 12.2 Å². The lowest BCUT2D eigenvalue weighted by Gasteiger charge is -2.32. The van der Waals surface area contributed by atoms with E-state index < -0.39 is 0 Å². The van der Waals surface area contributed by atoms with Crippen LogP contribution >= 0.6 is 0 Å². The van der Waals surface area contributed by atoms with Gasteiger partial charge in [-0.05, 0) is 26.5 Å². The maximum atomic E-state index is 5.79. The molecule has 2 heterocycles. The van der Waals surface area contributed by atoms with Crippen molar-refractivity contribution in [1.82, 2.24) is 15.2 Å². The number of pyridine rings is 1. The minimum Gasteiger partial charge on any atom is -0.475 e. The van der Waals surface area contributed by atoms with Gasteiger partial charge in [0.15, 0.2) is 0 Å². The van der Waals surface area contributed by atoms with Gasteiger partial charge in [0.1, 0.15) is 0 Å². The molecule has 1 atom stereocenters. The molecule has 1 N–H and O–H groups in total. The third-order valence-corrected chi connectivity index (χ3v) is 3.55. The lowest BCUT2D eigenvalue weighted by Crippen LogP contribution is -2.46. The van der Waals surface area contributed by atoms with Crippen LogP contribution in [0.1, 0.15) is 26.3 Å². The Morgan fingerprint density at radius 2 is 2.38 bits per heavy atom. The quantitative estimate of drug-likeness (QED) is 0.829. The van der Waals surface area contributed by atoms with Gasteiger partial charge in [-0.1, -0.05) is 13.0 Å². The molecular weight excluding hydrogens is 266 g/mol. The summed E-state index contributed by atoms with van der Waals surface area (Å²) >= 11 is 0. The number of aromatic nitrogens is 1. The van der Waals surface area contributed by atoms with Gasteiger partial charge in [-0.3, -0.25) is 4.90 Å². The number of nitrogens with one attached hydrogen (secondary N) is 1. The fraction of sp³-hybridized carbons (Fsp3) is 0.688. The molecule has 1 aliphatic heterocycles. The molecule has 1 unspecified atom stereocenters. The number of hydrogen-bond acceptors (Lipinski definition) is 5. The predicted octanol–water partition coefficient (Wildman–Crippen LogP) is 1.68. The highest BCUT2D eigenvalue weighted by molar-refractivity contribution is 5.25. The fourth-order valence-corrected chi connectivity index (χ4v) is 2.45. The molecule has 5 nitrogen and oxygen atoms in total. The average Bonchev–Trinajstić information content (AvgIpc) is 2.49. The largest absolute Gasteiger partial charge is 0.475 e. The van der Waals surface area contributed by atoms with Crippen molar-refractivity contribution >= 4 is 0 Å². The normalized spacial score (nSPS) is 19.9. The summed E-state index contributed by atoms with van der Waals surface area (Å²) in [6.07, 6.45) is 2.17. The van der Waals surface area contributed by atoms with Crippen LogP contribution in [0.3, 0.4) is 0 Å². The van der Waals surface area contributed by atoms with Gasteiger partial charge < -0.3 is 14.8 Å².